The molecule has 0 atom stereocenters. The first-order valence-electron chi connectivity index (χ1n) is 5.06. The maximum absolute atomic E-state index is 12.2. The zero-order valence-corrected chi connectivity index (χ0v) is 9.71. The van der Waals surface area contributed by atoms with Gasteiger partial charge in [0.1, 0.15) is 0 Å². The molecule has 0 heterocycles. The Morgan fingerprint density at radius 2 is 2.18 bits per heavy atom. The molecule has 0 aliphatic heterocycles. The van der Waals surface area contributed by atoms with Crippen molar-refractivity contribution < 1.29 is 13.6 Å². The number of benzene rings is 1. The largest absolute Gasteiger partial charge is 0.336 e. The highest BCUT2D eigenvalue weighted by molar-refractivity contribution is 5.95. The van der Waals surface area contributed by atoms with Gasteiger partial charge in [0.15, 0.2) is 0 Å². The third-order valence-electron chi connectivity index (χ3n) is 2.38. The summed E-state index contributed by atoms with van der Waals surface area (Å²) in [7, 11) is 1.35. The van der Waals surface area contributed by atoms with E-state index in [1.165, 1.54) is 7.05 Å². The topological polar surface area (TPSA) is 58.4 Å². The van der Waals surface area contributed by atoms with Crippen molar-refractivity contribution in [2.45, 2.75) is 13.3 Å². The minimum atomic E-state index is -2.53. The number of anilines is 1. The summed E-state index contributed by atoms with van der Waals surface area (Å²) in [5, 5.41) is 0. The lowest BCUT2D eigenvalue weighted by Crippen LogP contribution is -2.31. The Kier molecular flexibility index (Phi) is 4.39. The van der Waals surface area contributed by atoms with Crippen LogP contribution in [0.5, 0.6) is 0 Å². The second kappa shape index (κ2) is 5.58. The van der Waals surface area contributed by atoms with Crippen molar-refractivity contribution in [1.82, 2.24) is 4.90 Å². The molecule has 0 aromatic heterocycles. The van der Waals surface area contributed by atoms with Crippen LogP contribution in [0.25, 0.3) is 0 Å². The van der Waals surface area contributed by atoms with E-state index >= 15 is 0 Å². The summed E-state index contributed by atoms with van der Waals surface area (Å²) < 4.78 is 24.3. The van der Waals surface area contributed by atoms with Gasteiger partial charge >= 0.3 is 0 Å². The minimum absolute atomic E-state index is 0.396. The fraction of sp³-hybridized carbons (Fsp3) is 0.364. The van der Waals surface area contributed by atoms with Gasteiger partial charge in [-0.3, -0.25) is 10.6 Å². The number of hydrogen-bond acceptors (Lipinski definition) is 3. The highest BCUT2D eigenvalue weighted by Crippen LogP contribution is 2.16. The Hall–Kier alpha value is -1.69. The normalized spacial score (nSPS) is 10.5. The van der Waals surface area contributed by atoms with Crippen LogP contribution >= 0.6 is 0 Å². The van der Waals surface area contributed by atoms with E-state index < -0.39 is 18.9 Å². The van der Waals surface area contributed by atoms with Crippen molar-refractivity contribution in [3.05, 3.63) is 29.3 Å². The molecule has 0 aliphatic rings. The number of nitrogens with two attached hydrogens (primary N) is 1. The van der Waals surface area contributed by atoms with E-state index in [2.05, 4.69) is 5.43 Å². The number of aryl methyl sites for hydroxylation is 1. The number of nitrogens with one attached hydrogen (secondary N) is 1. The van der Waals surface area contributed by atoms with Gasteiger partial charge in [-0.25, -0.2) is 8.78 Å². The van der Waals surface area contributed by atoms with E-state index in [-0.39, 0.29) is 0 Å². The van der Waals surface area contributed by atoms with Crippen LogP contribution < -0.4 is 11.3 Å². The van der Waals surface area contributed by atoms with Crippen LogP contribution in [0, 0.1) is 6.92 Å². The highest BCUT2D eigenvalue weighted by Gasteiger charge is 2.17. The van der Waals surface area contributed by atoms with Crippen molar-refractivity contribution in [2.24, 2.45) is 5.84 Å². The van der Waals surface area contributed by atoms with Gasteiger partial charge in [-0.15, -0.1) is 0 Å². The molecule has 17 heavy (non-hydrogen) atoms. The molecule has 1 amide bonds. The predicted octanol–water partition coefficient (Wildman–Crippen LogP) is 1.62. The number of hydrogen-bond donors (Lipinski definition) is 2. The Bertz CT molecular complexity index is 410. The summed E-state index contributed by atoms with van der Waals surface area (Å²) in [6, 6.07) is 4.87. The Labute approximate surface area is 98.4 Å². The standard InChI is InChI=1S/C11H15F2N3O/c1-7-5-8(15-14)3-4-9(7)11(17)16(2)6-10(12)13/h3-5,10,15H,6,14H2,1-2H3. The zero-order chi connectivity index (χ0) is 13.0. The molecule has 94 valence electrons. The lowest BCUT2D eigenvalue weighted by atomic mass is 10.1. The Morgan fingerprint density at radius 1 is 1.53 bits per heavy atom. The molecule has 0 bridgehead atoms. The van der Waals surface area contributed by atoms with Crippen LogP contribution in [-0.2, 0) is 0 Å². The fourth-order valence-corrected chi connectivity index (χ4v) is 1.49. The molecule has 1 aromatic rings. The number of hydrazine groups is 1. The van der Waals surface area contributed by atoms with Crippen LogP contribution in [0.2, 0.25) is 0 Å². The Morgan fingerprint density at radius 3 is 2.65 bits per heavy atom. The van der Waals surface area contributed by atoms with Crippen molar-refractivity contribution >= 4 is 11.6 Å². The molecular formula is C11H15F2N3O. The third kappa shape index (κ3) is 3.39. The molecule has 0 saturated heterocycles. The number of halogens is 2. The summed E-state index contributed by atoms with van der Waals surface area (Å²) in [5.74, 6) is 4.80. The molecule has 0 fully saturated rings. The Balaban J connectivity index is 2.89. The molecule has 0 saturated carbocycles. The van der Waals surface area contributed by atoms with Gasteiger partial charge in [0.2, 0.25) is 0 Å². The van der Waals surface area contributed by atoms with Gasteiger partial charge in [-0.1, -0.05) is 0 Å². The number of rotatable bonds is 4. The van der Waals surface area contributed by atoms with E-state index in [1.807, 2.05) is 0 Å². The number of nitrogens with zero attached hydrogens (tertiary/aromatic N) is 1. The van der Waals surface area contributed by atoms with Crippen LogP contribution in [0.4, 0.5) is 14.5 Å². The van der Waals surface area contributed by atoms with E-state index in [0.29, 0.717) is 16.8 Å². The van der Waals surface area contributed by atoms with E-state index in [4.69, 9.17) is 5.84 Å². The number of alkyl halides is 2. The molecule has 0 radical (unpaired) electrons. The number of nitrogen functional groups attached to an aromatic ring is 1. The molecule has 6 heteroatoms. The fourth-order valence-electron chi connectivity index (χ4n) is 1.49. The van der Waals surface area contributed by atoms with Crippen molar-refractivity contribution in [3.63, 3.8) is 0 Å². The summed E-state index contributed by atoms with van der Waals surface area (Å²) in [5.41, 5.74) is 4.20. The number of carbonyl (C=O) groups is 1. The van der Waals surface area contributed by atoms with Crippen LogP contribution in [-0.4, -0.2) is 30.8 Å². The maximum Gasteiger partial charge on any atom is 0.255 e. The summed E-state index contributed by atoms with van der Waals surface area (Å²) >= 11 is 0. The van der Waals surface area contributed by atoms with Crippen molar-refractivity contribution in [1.29, 1.82) is 0 Å². The molecule has 0 spiro atoms. The quantitative estimate of drug-likeness (QED) is 0.624. The SMILES string of the molecule is Cc1cc(NN)ccc1C(=O)N(C)CC(F)F. The van der Waals surface area contributed by atoms with E-state index in [9.17, 15) is 13.6 Å². The van der Waals surface area contributed by atoms with Gasteiger partial charge in [0, 0.05) is 18.3 Å². The van der Waals surface area contributed by atoms with Crippen LogP contribution in [0.1, 0.15) is 15.9 Å². The second-order valence-corrected chi connectivity index (χ2v) is 3.75. The summed E-state index contributed by atoms with van der Waals surface area (Å²) in [6.45, 7) is 1.15. The van der Waals surface area contributed by atoms with Gasteiger partial charge < -0.3 is 10.3 Å². The number of carbonyl (C=O) groups excluding carboxylic acids is 1. The maximum atomic E-state index is 12.2. The van der Waals surface area contributed by atoms with Gasteiger partial charge in [-0.2, -0.15) is 0 Å². The second-order valence-electron chi connectivity index (χ2n) is 3.75. The van der Waals surface area contributed by atoms with Gasteiger partial charge in [0.05, 0.1) is 6.54 Å². The monoisotopic (exact) mass is 243 g/mol. The predicted molar refractivity (Wildman–Crippen MR) is 62.0 cm³/mol. The summed E-state index contributed by atoms with van der Waals surface area (Å²) in [4.78, 5) is 12.8. The zero-order valence-electron chi connectivity index (χ0n) is 9.71. The lowest BCUT2D eigenvalue weighted by molar-refractivity contribution is 0.0619. The van der Waals surface area contributed by atoms with Gasteiger partial charge in [0.25, 0.3) is 12.3 Å². The third-order valence-corrected chi connectivity index (χ3v) is 2.38. The summed E-state index contributed by atoms with van der Waals surface area (Å²) in [6.07, 6.45) is -2.53. The minimum Gasteiger partial charge on any atom is -0.336 e. The molecule has 0 aliphatic carbocycles. The first-order chi connectivity index (χ1) is 7.95. The number of amides is 1. The van der Waals surface area contributed by atoms with E-state index in [0.717, 1.165) is 4.90 Å². The lowest BCUT2D eigenvalue weighted by Gasteiger charge is -2.18. The smallest absolute Gasteiger partial charge is 0.255 e. The molecule has 1 aromatic carbocycles. The first kappa shape index (κ1) is 13.4. The first-order valence-corrected chi connectivity index (χ1v) is 5.06. The molecule has 1 rings (SSSR count). The van der Waals surface area contributed by atoms with Crippen molar-refractivity contribution in [3.8, 4) is 0 Å². The van der Waals surface area contributed by atoms with Crippen LogP contribution in [0.15, 0.2) is 18.2 Å². The molecule has 3 N–H and O–H groups in total. The highest BCUT2D eigenvalue weighted by atomic mass is 19.3. The molecule has 4 nitrogen and oxygen atoms in total. The van der Waals surface area contributed by atoms with Gasteiger partial charge in [-0.05, 0) is 30.7 Å². The molecular weight excluding hydrogens is 228 g/mol. The average Bonchev–Trinajstić information content (AvgIpc) is 2.27. The van der Waals surface area contributed by atoms with E-state index in [1.54, 1.807) is 25.1 Å². The molecule has 0 unspecified atom stereocenters. The van der Waals surface area contributed by atoms with Crippen LogP contribution in [0.3, 0.4) is 0 Å². The average molecular weight is 243 g/mol. The van der Waals surface area contributed by atoms with Crippen molar-refractivity contribution in [2.75, 3.05) is 19.0 Å².